The van der Waals surface area contributed by atoms with E-state index in [-0.39, 0.29) is 5.91 Å². The van der Waals surface area contributed by atoms with Gasteiger partial charge in [-0.3, -0.25) is 4.79 Å². The van der Waals surface area contributed by atoms with Crippen molar-refractivity contribution in [2.75, 3.05) is 11.9 Å². The molecule has 1 aliphatic rings. The molecule has 0 aliphatic heterocycles. The van der Waals surface area contributed by atoms with E-state index in [9.17, 15) is 4.79 Å². The molecule has 0 spiro atoms. The van der Waals surface area contributed by atoms with Gasteiger partial charge in [-0.15, -0.1) is 0 Å². The van der Waals surface area contributed by atoms with Crippen LogP contribution in [0.4, 0.5) is 5.69 Å². The average Bonchev–Trinajstić information content (AvgIpc) is 3.24. The molecular weight excluding hydrogens is 352 g/mol. The number of carbonyl (C=O) groups is 1. The van der Waals surface area contributed by atoms with E-state index in [1.54, 1.807) is 12.1 Å². The van der Waals surface area contributed by atoms with Crippen LogP contribution in [0.1, 0.15) is 55.6 Å². The van der Waals surface area contributed by atoms with Crippen LogP contribution >= 0.6 is 0 Å². The van der Waals surface area contributed by atoms with Crippen LogP contribution in [0, 0.1) is 5.92 Å². The van der Waals surface area contributed by atoms with Gasteiger partial charge in [-0.25, -0.2) is 4.99 Å². The van der Waals surface area contributed by atoms with Gasteiger partial charge in [0.15, 0.2) is 11.7 Å². The Morgan fingerprint density at radius 1 is 1.14 bits per heavy atom. The lowest BCUT2D eigenvalue weighted by atomic mass is 9.87. The SMILES string of the molecule is CCNC(=NCc1ccc(NC(=O)c2ccco2)cc1)NC1CCC(C)CC1. The number of aliphatic imine (C=N–C) groups is 1. The maximum Gasteiger partial charge on any atom is 0.291 e. The third-order valence-corrected chi connectivity index (χ3v) is 5.08. The van der Waals surface area contributed by atoms with E-state index >= 15 is 0 Å². The van der Waals surface area contributed by atoms with Gasteiger partial charge in [0, 0.05) is 18.3 Å². The number of guanidine groups is 1. The minimum absolute atomic E-state index is 0.254. The first-order valence-corrected chi connectivity index (χ1v) is 10.1. The number of rotatable bonds is 6. The fourth-order valence-corrected chi connectivity index (χ4v) is 3.38. The van der Waals surface area contributed by atoms with Gasteiger partial charge >= 0.3 is 0 Å². The molecule has 1 saturated carbocycles. The van der Waals surface area contributed by atoms with Crippen LogP contribution in [-0.2, 0) is 6.54 Å². The summed E-state index contributed by atoms with van der Waals surface area (Å²) in [5.41, 5.74) is 1.82. The van der Waals surface area contributed by atoms with E-state index in [0.29, 0.717) is 18.3 Å². The van der Waals surface area contributed by atoms with Crippen LogP contribution in [0.3, 0.4) is 0 Å². The van der Waals surface area contributed by atoms with E-state index in [0.717, 1.165) is 29.7 Å². The summed E-state index contributed by atoms with van der Waals surface area (Å²) in [6, 6.07) is 11.6. The van der Waals surface area contributed by atoms with Gasteiger partial charge < -0.3 is 20.4 Å². The Hall–Kier alpha value is -2.76. The minimum atomic E-state index is -0.254. The van der Waals surface area contributed by atoms with Gasteiger partial charge in [-0.2, -0.15) is 0 Å². The molecule has 6 nitrogen and oxygen atoms in total. The van der Waals surface area contributed by atoms with E-state index in [1.807, 2.05) is 24.3 Å². The molecule has 0 saturated heterocycles. The standard InChI is InChI=1S/C22H30N4O2/c1-3-23-22(26-19-10-6-16(2)7-11-19)24-15-17-8-12-18(13-9-17)25-21(27)20-5-4-14-28-20/h4-5,8-9,12-14,16,19H,3,6-7,10-11,15H2,1-2H3,(H,25,27)(H2,23,24,26). The van der Waals surface area contributed by atoms with Crippen LogP contribution in [0.15, 0.2) is 52.1 Å². The van der Waals surface area contributed by atoms with Crippen LogP contribution in [0.5, 0.6) is 0 Å². The highest BCUT2D eigenvalue weighted by Crippen LogP contribution is 2.23. The zero-order valence-corrected chi connectivity index (χ0v) is 16.7. The number of hydrogen-bond donors (Lipinski definition) is 3. The summed E-state index contributed by atoms with van der Waals surface area (Å²) in [5, 5.41) is 9.73. The highest BCUT2D eigenvalue weighted by atomic mass is 16.3. The normalized spacial score (nSPS) is 19.9. The minimum Gasteiger partial charge on any atom is -0.459 e. The Labute approximate surface area is 166 Å². The van der Waals surface area contributed by atoms with Gasteiger partial charge in [0.1, 0.15) is 0 Å². The molecule has 0 atom stereocenters. The second kappa shape index (κ2) is 9.97. The Bertz CT molecular complexity index is 760. The lowest BCUT2D eigenvalue weighted by Gasteiger charge is -2.28. The average molecular weight is 383 g/mol. The Balaban J connectivity index is 1.54. The van der Waals surface area contributed by atoms with Gasteiger partial charge in [-0.05, 0) is 68.4 Å². The van der Waals surface area contributed by atoms with Crippen molar-refractivity contribution < 1.29 is 9.21 Å². The van der Waals surface area contributed by atoms with E-state index in [4.69, 9.17) is 9.41 Å². The molecule has 0 bridgehead atoms. The van der Waals surface area contributed by atoms with Crippen molar-refractivity contribution in [1.29, 1.82) is 0 Å². The number of nitrogens with zero attached hydrogens (tertiary/aromatic N) is 1. The lowest BCUT2D eigenvalue weighted by molar-refractivity contribution is 0.0996. The molecule has 0 unspecified atom stereocenters. The van der Waals surface area contributed by atoms with Gasteiger partial charge in [0.05, 0.1) is 12.8 Å². The summed E-state index contributed by atoms with van der Waals surface area (Å²) in [6.07, 6.45) is 6.45. The highest BCUT2D eigenvalue weighted by Gasteiger charge is 2.18. The van der Waals surface area contributed by atoms with Crippen molar-refractivity contribution in [3.05, 3.63) is 54.0 Å². The summed E-state index contributed by atoms with van der Waals surface area (Å²) in [6.45, 7) is 5.84. The van der Waals surface area contributed by atoms with E-state index in [2.05, 4.69) is 29.8 Å². The fraction of sp³-hybridized carbons (Fsp3) is 0.455. The predicted octanol–water partition coefficient (Wildman–Crippen LogP) is 4.17. The molecule has 1 aromatic heterocycles. The highest BCUT2D eigenvalue weighted by molar-refractivity contribution is 6.02. The quantitative estimate of drug-likeness (QED) is 0.518. The monoisotopic (exact) mass is 382 g/mol. The number of nitrogens with one attached hydrogen (secondary N) is 3. The Morgan fingerprint density at radius 2 is 1.89 bits per heavy atom. The molecule has 3 N–H and O–H groups in total. The second-order valence-corrected chi connectivity index (χ2v) is 7.42. The maximum absolute atomic E-state index is 12.0. The summed E-state index contributed by atoms with van der Waals surface area (Å²) in [7, 11) is 0. The fourth-order valence-electron chi connectivity index (χ4n) is 3.38. The first-order chi connectivity index (χ1) is 13.6. The molecule has 1 aliphatic carbocycles. The summed E-state index contributed by atoms with van der Waals surface area (Å²) in [5.74, 6) is 1.75. The Kier molecular flexibility index (Phi) is 7.12. The molecule has 150 valence electrons. The molecule has 0 radical (unpaired) electrons. The van der Waals surface area contributed by atoms with Crippen molar-refractivity contribution in [3.8, 4) is 0 Å². The third-order valence-electron chi connectivity index (χ3n) is 5.08. The van der Waals surface area contributed by atoms with Crippen molar-refractivity contribution in [1.82, 2.24) is 10.6 Å². The molecule has 28 heavy (non-hydrogen) atoms. The zero-order chi connectivity index (χ0) is 19.8. The van der Waals surface area contributed by atoms with Gasteiger partial charge in [-0.1, -0.05) is 19.1 Å². The first-order valence-electron chi connectivity index (χ1n) is 10.1. The van der Waals surface area contributed by atoms with Gasteiger partial charge in [0.25, 0.3) is 5.91 Å². The van der Waals surface area contributed by atoms with Crippen LogP contribution in [0.25, 0.3) is 0 Å². The summed E-state index contributed by atoms with van der Waals surface area (Å²) >= 11 is 0. The predicted molar refractivity (Wildman–Crippen MR) is 112 cm³/mol. The van der Waals surface area contributed by atoms with E-state index in [1.165, 1.54) is 31.9 Å². The second-order valence-electron chi connectivity index (χ2n) is 7.42. The number of benzene rings is 1. The largest absolute Gasteiger partial charge is 0.459 e. The van der Waals surface area contributed by atoms with Crippen LogP contribution in [0.2, 0.25) is 0 Å². The topological polar surface area (TPSA) is 78.7 Å². The first kappa shape index (κ1) is 20.0. The summed E-state index contributed by atoms with van der Waals surface area (Å²) < 4.78 is 5.10. The van der Waals surface area contributed by atoms with Crippen LogP contribution < -0.4 is 16.0 Å². The third kappa shape index (κ3) is 5.87. The zero-order valence-electron chi connectivity index (χ0n) is 16.7. The number of carbonyl (C=O) groups excluding carboxylic acids is 1. The maximum atomic E-state index is 12.0. The Morgan fingerprint density at radius 3 is 2.54 bits per heavy atom. The molecule has 1 amide bonds. The smallest absolute Gasteiger partial charge is 0.291 e. The summed E-state index contributed by atoms with van der Waals surface area (Å²) in [4.78, 5) is 16.7. The molecule has 1 heterocycles. The van der Waals surface area contributed by atoms with Crippen LogP contribution in [-0.4, -0.2) is 24.5 Å². The number of furan rings is 1. The van der Waals surface area contributed by atoms with Crippen molar-refractivity contribution in [3.63, 3.8) is 0 Å². The number of anilines is 1. The molecular formula is C22H30N4O2. The molecule has 3 rings (SSSR count). The molecule has 2 aromatic rings. The number of amides is 1. The van der Waals surface area contributed by atoms with Crippen molar-refractivity contribution >= 4 is 17.6 Å². The van der Waals surface area contributed by atoms with Crippen molar-refractivity contribution in [2.45, 2.75) is 52.1 Å². The number of hydrogen-bond acceptors (Lipinski definition) is 3. The van der Waals surface area contributed by atoms with Gasteiger partial charge in [0.2, 0.25) is 0 Å². The lowest BCUT2D eigenvalue weighted by Crippen LogP contribution is -2.44. The molecule has 6 heteroatoms. The molecule has 1 fully saturated rings. The van der Waals surface area contributed by atoms with E-state index < -0.39 is 0 Å². The van der Waals surface area contributed by atoms with Crippen molar-refractivity contribution in [2.24, 2.45) is 10.9 Å². The molecule has 1 aromatic carbocycles.